The second-order valence-electron chi connectivity index (χ2n) is 8.04. The van der Waals surface area contributed by atoms with E-state index in [-0.39, 0.29) is 12.4 Å². The summed E-state index contributed by atoms with van der Waals surface area (Å²) < 4.78 is 0.958. The zero-order valence-corrected chi connectivity index (χ0v) is 18.2. The maximum atomic E-state index is 9.02. The van der Waals surface area contributed by atoms with Gasteiger partial charge in [0.15, 0.2) is 0 Å². The first-order valence-electron chi connectivity index (χ1n) is 10.7. The van der Waals surface area contributed by atoms with Crippen molar-refractivity contribution in [3.8, 4) is 0 Å². The molecule has 0 rings (SSSR count). The van der Waals surface area contributed by atoms with E-state index in [9.17, 15) is 0 Å². The standard InChI is InChI=1S/C22H46NO.ClH/c1-4-5-6-7-8-9-10-11-12-13-14-15-16-17-18-19-20-23(2,3)21-22-24;/h11-12,24H,4-10,13-22H2,1-3H3;1H/q+1;/p-1/b12-11-;. The van der Waals surface area contributed by atoms with E-state index in [1.807, 2.05) is 0 Å². The van der Waals surface area contributed by atoms with Crippen molar-refractivity contribution in [2.45, 2.75) is 96.8 Å². The maximum Gasteiger partial charge on any atom is 0.102 e. The molecular formula is C22H46ClNO. The zero-order valence-electron chi connectivity index (χ0n) is 17.4. The third-order valence-electron chi connectivity index (χ3n) is 4.98. The van der Waals surface area contributed by atoms with E-state index in [1.165, 1.54) is 96.4 Å². The average molecular weight is 376 g/mol. The van der Waals surface area contributed by atoms with Crippen LogP contribution in [-0.4, -0.2) is 43.4 Å². The molecule has 0 unspecified atom stereocenters. The topological polar surface area (TPSA) is 20.2 Å². The van der Waals surface area contributed by atoms with Crippen LogP contribution in [0, 0.1) is 0 Å². The molecule has 0 aliphatic heterocycles. The summed E-state index contributed by atoms with van der Waals surface area (Å²) in [6.07, 6.45) is 23.9. The van der Waals surface area contributed by atoms with E-state index in [2.05, 4.69) is 33.2 Å². The summed E-state index contributed by atoms with van der Waals surface area (Å²) in [7, 11) is 4.43. The van der Waals surface area contributed by atoms with Gasteiger partial charge < -0.3 is 22.0 Å². The summed E-state index contributed by atoms with van der Waals surface area (Å²) >= 11 is 0. The molecular weight excluding hydrogens is 330 g/mol. The van der Waals surface area contributed by atoms with E-state index < -0.39 is 0 Å². The molecule has 25 heavy (non-hydrogen) atoms. The van der Waals surface area contributed by atoms with Gasteiger partial charge >= 0.3 is 0 Å². The average Bonchev–Trinajstić information content (AvgIpc) is 2.54. The molecule has 0 saturated heterocycles. The minimum atomic E-state index is 0. The van der Waals surface area contributed by atoms with Gasteiger partial charge in [0.25, 0.3) is 0 Å². The molecule has 0 bridgehead atoms. The number of hydrogen-bond donors (Lipinski definition) is 1. The summed E-state index contributed by atoms with van der Waals surface area (Å²) in [5.74, 6) is 0. The SMILES string of the molecule is CCCCCCCC/C=C\CCCCCCCC[N+](C)(C)CCO.[Cl-]. The van der Waals surface area contributed by atoms with E-state index in [1.54, 1.807) is 0 Å². The lowest BCUT2D eigenvalue weighted by molar-refractivity contribution is -0.890. The number of rotatable bonds is 18. The summed E-state index contributed by atoms with van der Waals surface area (Å²) in [5, 5.41) is 9.02. The first kappa shape index (κ1) is 27.2. The molecule has 2 nitrogen and oxygen atoms in total. The monoisotopic (exact) mass is 375 g/mol. The summed E-state index contributed by atoms with van der Waals surface area (Å²) in [4.78, 5) is 0. The Morgan fingerprint density at radius 2 is 1.08 bits per heavy atom. The highest BCUT2D eigenvalue weighted by molar-refractivity contribution is 4.81. The van der Waals surface area contributed by atoms with Gasteiger partial charge in [-0.05, 0) is 38.5 Å². The number of aliphatic hydroxyl groups excluding tert-OH is 1. The van der Waals surface area contributed by atoms with Gasteiger partial charge in [-0.25, -0.2) is 0 Å². The van der Waals surface area contributed by atoms with E-state index in [0.717, 1.165) is 11.0 Å². The summed E-state index contributed by atoms with van der Waals surface area (Å²) in [6, 6.07) is 0. The number of nitrogens with zero attached hydrogens (tertiary/aromatic N) is 1. The molecule has 3 heteroatoms. The number of hydrogen-bond acceptors (Lipinski definition) is 1. The van der Waals surface area contributed by atoms with Crippen LogP contribution in [0.5, 0.6) is 0 Å². The Hall–Kier alpha value is -0.0500. The Kier molecular flexibility index (Phi) is 22.0. The highest BCUT2D eigenvalue weighted by Gasteiger charge is 2.12. The molecule has 0 aromatic carbocycles. The fourth-order valence-corrected chi connectivity index (χ4v) is 3.17. The third-order valence-corrected chi connectivity index (χ3v) is 4.98. The summed E-state index contributed by atoms with van der Waals surface area (Å²) in [6.45, 7) is 4.66. The van der Waals surface area contributed by atoms with Gasteiger partial charge in [0.2, 0.25) is 0 Å². The maximum absolute atomic E-state index is 9.02. The quantitative estimate of drug-likeness (QED) is 0.222. The Morgan fingerprint density at radius 1 is 0.640 bits per heavy atom. The molecule has 0 aliphatic rings. The second kappa shape index (κ2) is 20.3. The van der Waals surface area contributed by atoms with Crippen LogP contribution >= 0.6 is 0 Å². The van der Waals surface area contributed by atoms with Crippen molar-refractivity contribution in [2.24, 2.45) is 0 Å². The molecule has 0 heterocycles. The van der Waals surface area contributed by atoms with Crippen LogP contribution in [0.25, 0.3) is 0 Å². The highest BCUT2D eigenvalue weighted by atomic mass is 35.5. The van der Waals surface area contributed by atoms with Gasteiger partial charge in [0, 0.05) is 0 Å². The summed E-state index contributed by atoms with van der Waals surface area (Å²) in [5.41, 5.74) is 0. The number of halogens is 1. The fraction of sp³-hybridized carbons (Fsp3) is 0.909. The number of unbranched alkanes of at least 4 members (excludes halogenated alkanes) is 12. The lowest BCUT2D eigenvalue weighted by atomic mass is 10.1. The van der Waals surface area contributed by atoms with Gasteiger partial charge in [0.05, 0.1) is 27.2 Å². The van der Waals surface area contributed by atoms with Crippen molar-refractivity contribution in [1.82, 2.24) is 0 Å². The van der Waals surface area contributed by atoms with Crippen LogP contribution < -0.4 is 12.4 Å². The molecule has 0 saturated carbocycles. The lowest BCUT2D eigenvalue weighted by Crippen LogP contribution is -3.00. The second-order valence-corrected chi connectivity index (χ2v) is 8.04. The van der Waals surface area contributed by atoms with Gasteiger partial charge in [-0.3, -0.25) is 0 Å². The van der Waals surface area contributed by atoms with Crippen LogP contribution in [0.2, 0.25) is 0 Å². The van der Waals surface area contributed by atoms with Gasteiger partial charge in [-0.15, -0.1) is 0 Å². The molecule has 0 fully saturated rings. The van der Waals surface area contributed by atoms with E-state index in [4.69, 9.17) is 5.11 Å². The minimum Gasteiger partial charge on any atom is -1.00 e. The largest absolute Gasteiger partial charge is 1.00 e. The van der Waals surface area contributed by atoms with Crippen LogP contribution in [0.15, 0.2) is 12.2 Å². The molecule has 0 aromatic rings. The van der Waals surface area contributed by atoms with Crippen molar-refractivity contribution in [3.63, 3.8) is 0 Å². The molecule has 0 spiro atoms. The van der Waals surface area contributed by atoms with E-state index >= 15 is 0 Å². The first-order valence-corrected chi connectivity index (χ1v) is 10.7. The number of allylic oxidation sites excluding steroid dienone is 2. The molecule has 0 aromatic heterocycles. The van der Waals surface area contributed by atoms with Gasteiger partial charge in [0.1, 0.15) is 6.54 Å². The molecule has 0 amide bonds. The predicted molar refractivity (Wildman–Crippen MR) is 108 cm³/mol. The van der Waals surface area contributed by atoms with Crippen molar-refractivity contribution >= 4 is 0 Å². The van der Waals surface area contributed by atoms with Gasteiger partial charge in [-0.1, -0.05) is 70.4 Å². The van der Waals surface area contributed by atoms with Crippen LogP contribution in [0.1, 0.15) is 96.8 Å². The number of likely N-dealkylation sites (N-methyl/N-ethyl adjacent to an activating group) is 1. The van der Waals surface area contributed by atoms with Crippen molar-refractivity contribution in [1.29, 1.82) is 0 Å². The Labute approximate surface area is 165 Å². The third kappa shape index (κ3) is 21.9. The molecule has 0 radical (unpaired) electrons. The molecule has 0 aliphatic carbocycles. The zero-order chi connectivity index (χ0) is 17.9. The smallest absolute Gasteiger partial charge is 0.102 e. The van der Waals surface area contributed by atoms with Crippen LogP contribution in [-0.2, 0) is 0 Å². The number of quaternary nitrogens is 1. The Balaban J connectivity index is 0. The minimum absolute atomic E-state index is 0. The Bertz CT molecular complexity index is 279. The molecule has 152 valence electrons. The number of aliphatic hydroxyl groups is 1. The van der Waals surface area contributed by atoms with Crippen molar-refractivity contribution < 1.29 is 22.0 Å². The first-order chi connectivity index (χ1) is 11.6. The van der Waals surface area contributed by atoms with Gasteiger partial charge in [-0.2, -0.15) is 0 Å². The van der Waals surface area contributed by atoms with Crippen molar-refractivity contribution in [3.05, 3.63) is 12.2 Å². The Morgan fingerprint density at radius 3 is 1.56 bits per heavy atom. The normalized spacial score (nSPS) is 11.8. The molecule has 0 atom stereocenters. The fourth-order valence-electron chi connectivity index (χ4n) is 3.17. The van der Waals surface area contributed by atoms with Crippen LogP contribution in [0.4, 0.5) is 0 Å². The highest BCUT2D eigenvalue weighted by Crippen LogP contribution is 2.11. The van der Waals surface area contributed by atoms with E-state index in [0.29, 0.717) is 6.61 Å². The predicted octanol–water partition coefficient (Wildman–Crippen LogP) is 3.10. The molecule has 1 N–H and O–H groups in total. The van der Waals surface area contributed by atoms with Crippen molar-refractivity contribution in [2.75, 3.05) is 33.8 Å². The van der Waals surface area contributed by atoms with Crippen LogP contribution in [0.3, 0.4) is 0 Å². The lowest BCUT2D eigenvalue weighted by Gasteiger charge is -2.28.